The van der Waals surface area contributed by atoms with E-state index in [4.69, 9.17) is 9.47 Å². The number of ether oxygens (including phenoxy) is 2. The number of rotatable bonds is 6. The van der Waals surface area contributed by atoms with Crippen LogP contribution in [-0.4, -0.2) is 48.6 Å². The fourth-order valence-electron chi connectivity index (χ4n) is 3.41. The summed E-state index contributed by atoms with van der Waals surface area (Å²) in [7, 11) is 1.70. The number of halogens is 2. The highest BCUT2D eigenvalue weighted by Crippen LogP contribution is 2.24. The van der Waals surface area contributed by atoms with Crippen LogP contribution < -0.4 is 10.1 Å². The highest BCUT2D eigenvalue weighted by atomic mass is 127. The summed E-state index contributed by atoms with van der Waals surface area (Å²) in [5.41, 5.74) is 0.756. The minimum Gasteiger partial charge on any atom is -0.466 e. The normalized spacial score (nSPS) is 16.3. The van der Waals surface area contributed by atoms with E-state index in [0.717, 1.165) is 24.9 Å². The van der Waals surface area contributed by atoms with Crippen molar-refractivity contribution in [2.75, 3.05) is 26.7 Å². The minimum atomic E-state index is -0.450. The highest BCUT2D eigenvalue weighted by Gasteiger charge is 2.28. The molecule has 3 rings (SSSR count). The number of aliphatic imine (C=N–C) groups is 1. The molecule has 1 unspecified atom stereocenters. The molecule has 1 fully saturated rings. The molecule has 1 atom stereocenters. The second kappa shape index (κ2) is 12.4. The molecule has 168 valence electrons. The van der Waals surface area contributed by atoms with Crippen LogP contribution in [0.3, 0.4) is 0 Å². The Morgan fingerprint density at radius 2 is 2.23 bits per heavy atom. The number of carbonyl (C=O) groups is 1. The topological polar surface area (TPSA) is 76.0 Å². The Bertz CT molecular complexity index is 882. The van der Waals surface area contributed by atoms with Crippen LogP contribution in [0.5, 0.6) is 11.5 Å². The van der Waals surface area contributed by atoms with Gasteiger partial charge in [0.25, 0.3) is 0 Å². The number of likely N-dealkylation sites (tertiary alicyclic amines) is 1. The fraction of sp³-hybridized carbons (Fsp3) is 0.409. The number of guanidine groups is 1. The van der Waals surface area contributed by atoms with Gasteiger partial charge in [0.2, 0.25) is 0 Å². The lowest BCUT2D eigenvalue weighted by atomic mass is 9.98. The zero-order chi connectivity index (χ0) is 21.3. The maximum atomic E-state index is 14.4. The Morgan fingerprint density at radius 3 is 2.90 bits per heavy atom. The number of pyridine rings is 1. The van der Waals surface area contributed by atoms with E-state index in [9.17, 15) is 9.18 Å². The average molecular weight is 542 g/mol. The monoisotopic (exact) mass is 542 g/mol. The third-order valence-electron chi connectivity index (χ3n) is 4.86. The van der Waals surface area contributed by atoms with E-state index in [2.05, 4.69) is 15.3 Å². The number of carbonyl (C=O) groups excluding carboxylic acids is 1. The van der Waals surface area contributed by atoms with Crippen LogP contribution in [-0.2, 0) is 16.1 Å². The van der Waals surface area contributed by atoms with Gasteiger partial charge in [-0.1, -0.05) is 6.07 Å². The number of benzene rings is 1. The van der Waals surface area contributed by atoms with Gasteiger partial charge in [0.1, 0.15) is 5.75 Å². The molecule has 1 N–H and O–H groups in total. The van der Waals surface area contributed by atoms with Crippen molar-refractivity contribution in [3.05, 3.63) is 54.1 Å². The second-order valence-electron chi connectivity index (χ2n) is 6.99. The second-order valence-corrected chi connectivity index (χ2v) is 6.99. The number of piperidine rings is 1. The van der Waals surface area contributed by atoms with Crippen LogP contribution in [0, 0.1) is 11.7 Å². The first-order valence-electron chi connectivity index (χ1n) is 10.1. The predicted octanol–water partition coefficient (Wildman–Crippen LogP) is 3.98. The first kappa shape index (κ1) is 24.8. The van der Waals surface area contributed by atoms with E-state index >= 15 is 0 Å². The van der Waals surface area contributed by atoms with Crippen LogP contribution in [0.1, 0.15) is 25.3 Å². The summed E-state index contributed by atoms with van der Waals surface area (Å²) in [4.78, 5) is 22.4. The summed E-state index contributed by atoms with van der Waals surface area (Å²) in [5, 5.41) is 3.25. The van der Waals surface area contributed by atoms with E-state index in [0.29, 0.717) is 31.4 Å². The number of esters is 1. The summed E-state index contributed by atoms with van der Waals surface area (Å²) in [6, 6.07) is 8.27. The van der Waals surface area contributed by atoms with Gasteiger partial charge in [-0.3, -0.25) is 14.8 Å². The smallest absolute Gasteiger partial charge is 0.310 e. The molecule has 0 radical (unpaired) electrons. The third-order valence-corrected chi connectivity index (χ3v) is 4.86. The molecule has 0 aliphatic carbocycles. The Balaban J connectivity index is 0.00000341. The molecule has 1 aromatic carbocycles. The summed E-state index contributed by atoms with van der Waals surface area (Å²) in [6.07, 6.45) is 4.86. The number of hydrogen-bond donors (Lipinski definition) is 1. The summed E-state index contributed by atoms with van der Waals surface area (Å²) in [6.45, 7) is 3.96. The van der Waals surface area contributed by atoms with Gasteiger partial charge >= 0.3 is 5.97 Å². The molecule has 9 heteroatoms. The molecule has 2 heterocycles. The van der Waals surface area contributed by atoms with Crippen LogP contribution in [0.25, 0.3) is 0 Å². The predicted molar refractivity (Wildman–Crippen MR) is 127 cm³/mol. The van der Waals surface area contributed by atoms with Crippen molar-refractivity contribution >= 4 is 35.9 Å². The zero-order valence-corrected chi connectivity index (χ0v) is 20.0. The van der Waals surface area contributed by atoms with E-state index < -0.39 is 5.82 Å². The maximum Gasteiger partial charge on any atom is 0.310 e. The minimum absolute atomic E-state index is 0. The molecule has 1 aliphatic rings. The molecule has 7 nitrogen and oxygen atoms in total. The molecule has 31 heavy (non-hydrogen) atoms. The van der Waals surface area contributed by atoms with Crippen molar-refractivity contribution in [3.63, 3.8) is 0 Å². The SMILES string of the molecule is CCOC(=O)C1CCCN(C(=NC)NCc2ccc(Oc3cccnc3)c(F)c2)C1.I. The lowest BCUT2D eigenvalue weighted by Crippen LogP contribution is -2.48. The Kier molecular flexibility index (Phi) is 9.96. The van der Waals surface area contributed by atoms with Gasteiger partial charge in [0, 0.05) is 32.9 Å². The van der Waals surface area contributed by atoms with Gasteiger partial charge in [-0.05, 0) is 49.6 Å². The van der Waals surface area contributed by atoms with Crippen molar-refractivity contribution in [1.82, 2.24) is 15.2 Å². The van der Waals surface area contributed by atoms with E-state index in [1.54, 1.807) is 37.5 Å². The molecular formula is C22H28FIN4O3. The molecular weight excluding hydrogens is 514 g/mol. The number of aromatic nitrogens is 1. The van der Waals surface area contributed by atoms with Gasteiger partial charge in [-0.25, -0.2) is 4.39 Å². The number of nitrogens with zero attached hydrogens (tertiary/aromatic N) is 3. The third kappa shape index (κ3) is 7.05. The van der Waals surface area contributed by atoms with Crippen molar-refractivity contribution in [3.8, 4) is 11.5 Å². The Hall–Kier alpha value is -2.43. The quantitative estimate of drug-likeness (QED) is 0.258. The molecule has 1 saturated heterocycles. The summed E-state index contributed by atoms with van der Waals surface area (Å²) in [5.74, 6) is 0.532. The van der Waals surface area contributed by atoms with E-state index in [-0.39, 0.29) is 41.6 Å². The van der Waals surface area contributed by atoms with E-state index in [1.807, 2.05) is 11.8 Å². The van der Waals surface area contributed by atoms with Gasteiger partial charge in [-0.2, -0.15) is 0 Å². The molecule has 1 aliphatic heterocycles. The van der Waals surface area contributed by atoms with Crippen LogP contribution in [0.15, 0.2) is 47.7 Å². The standard InChI is InChI=1S/C22H27FN4O3.HI/c1-3-29-21(28)17-6-5-11-27(15-17)22(24-2)26-13-16-8-9-20(19(23)12-16)30-18-7-4-10-25-14-18;/h4,7-10,12,14,17H,3,5-6,11,13,15H2,1-2H3,(H,24,26);1H. The molecule has 1 aromatic heterocycles. The fourth-order valence-corrected chi connectivity index (χ4v) is 3.41. The summed E-state index contributed by atoms with van der Waals surface area (Å²) >= 11 is 0. The summed E-state index contributed by atoms with van der Waals surface area (Å²) < 4.78 is 25.1. The van der Waals surface area contributed by atoms with E-state index in [1.165, 1.54) is 12.3 Å². The largest absolute Gasteiger partial charge is 0.466 e. The lowest BCUT2D eigenvalue weighted by Gasteiger charge is -2.34. The van der Waals surface area contributed by atoms with Crippen LogP contribution >= 0.6 is 24.0 Å². The number of nitrogens with one attached hydrogen (secondary N) is 1. The Morgan fingerprint density at radius 1 is 1.39 bits per heavy atom. The van der Waals surface area contributed by atoms with Crippen molar-refractivity contribution in [2.24, 2.45) is 10.9 Å². The highest BCUT2D eigenvalue weighted by molar-refractivity contribution is 14.0. The molecule has 0 bridgehead atoms. The van der Waals surface area contributed by atoms with Gasteiger partial charge in [0.05, 0.1) is 18.7 Å². The molecule has 0 spiro atoms. The Labute approximate surface area is 199 Å². The van der Waals surface area contributed by atoms with Crippen molar-refractivity contribution < 1.29 is 18.7 Å². The number of hydrogen-bond acceptors (Lipinski definition) is 5. The lowest BCUT2D eigenvalue weighted by molar-refractivity contribution is -0.149. The van der Waals surface area contributed by atoms with Crippen LogP contribution in [0.4, 0.5) is 4.39 Å². The molecule has 2 aromatic rings. The molecule has 0 amide bonds. The van der Waals surface area contributed by atoms with Crippen LogP contribution in [0.2, 0.25) is 0 Å². The van der Waals surface area contributed by atoms with Gasteiger partial charge < -0.3 is 19.7 Å². The van der Waals surface area contributed by atoms with Gasteiger partial charge in [0.15, 0.2) is 17.5 Å². The first-order chi connectivity index (χ1) is 14.6. The maximum absolute atomic E-state index is 14.4. The van der Waals surface area contributed by atoms with Gasteiger partial charge in [-0.15, -0.1) is 24.0 Å². The zero-order valence-electron chi connectivity index (χ0n) is 17.7. The average Bonchev–Trinajstić information content (AvgIpc) is 2.77. The van der Waals surface area contributed by atoms with Crippen molar-refractivity contribution in [2.45, 2.75) is 26.3 Å². The first-order valence-corrected chi connectivity index (χ1v) is 10.1. The van der Waals surface area contributed by atoms with Crippen molar-refractivity contribution in [1.29, 1.82) is 0 Å². The molecule has 0 saturated carbocycles.